The van der Waals surface area contributed by atoms with Gasteiger partial charge in [-0.05, 0) is 12.1 Å². The summed E-state index contributed by atoms with van der Waals surface area (Å²) in [6, 6.07) is 15.1. The number of aliphatic hydroxyl groups is 4. The summed E-state index contributed by atoms with van der Waals surface area (Å²) in [6.45, 7) is -0.558. The molecule has 4 N–H and O–H groups in total. The maximum atomic E-state index is 12.4. The van der Waals surface area contributed by atoms with E-state index in [2.05, 4.69) is 0 Å². The summed E-state index contributed by atoms with van der Waals surface area (Å²) in [5.41, 5.74) is 0.801. The average Bonchev–Trinajstić information content (AvgIpc) is 2.74. The van der Waals surface area contributed by atoms with E-state index in [0.717, 1.165) is 5.56 Å². The van der Waals surface area contributed by atoms with Crippen molar-refractivity contribution in [2.24, 2.45) is 0 Å². The van der Waals surface area contributed by atoms with E-state index in [1.54, 1.807) is 0 Å². The number of hydrogen-bond donors (Lipinski definition) is 4. The van der Waals surface area contributed by atoms with Crippen LogP contribution in [-0.4, -0.2) is 57.7 Å². The monoisotopic (exact) mass is 400 g/mol. The summed E-state index contributed by atoms with van der Waals surface area (Å²) >= 11 is 0. The van der Waals surface area contributed by atoms with Gasteiger partial charge in [0.1, 0.15) is 41.5 Å². The highest BCUT2D eigenvalue weighted by Crippen LogP contribution is 2.28. The molecule has 0 aliphatic carbocycles. The normalized spacial score (nSPS) is 27.1. The lowest BCUT2D eigenvalue weighted by molar-refractivity contribution is -0.277. The molecule has 3 aromatic rings. The van der Waals surface area contributed by atoms with Crippen molar-refractivity contribution in [3.63, 3.8) is 0 Å². The van der Waals surface area contributed by atoms with Crippen molar-refractivity contribution in [1.29, 1.82) is 0 Å². The van der Waals surface area contributed by atoms with Crippen LogP contribution in [0.25, 0.3) is 22.3 Å². The Bertz CT molecular complexity index is 1050. The molecule has 152 valence electrons. The van der Waals surface area contributed by atoms with Gasteiger partial charge in [-0.15, -0.1) is 0 Å². The van der Waals surface area contributed by atoms with E-state index in [1.165, 1.54) is 24.3 Å². The summed E-state index contributed by atoms with van der Waals surface area (Å²) in [4.78, 5) is 12.4. The Kier molecular flexibility index (Phi) is 5.35. The number of rotatable bonds is 4. The van der Waals surface area contributed by atoms with Crippen LogP contribution in [0.4, 0.5) is 0 Å². The fraction of sp³-hybridized carbons (Fsp3) is 0.286. The zero-order valence-corrected chi connectivity index (χ0v) is 15.2. The Morgan fingerprint density at radius 1 is 0.931 bits per heavy atom. The van der Waals surface area contributed by atoms with Gasteiger partial charge in [-0.25, -0.2) is 0 Å². The first-order valence-corrected chi connectivity index (χ1v) is 9.08. The molecule has 1 unspecified atom stereocenters. The fourth-order valence-corrected chi connectivity index (χ4v) is 3.25. The van der Waals surface area contributed by atoms with Gasteiger partial charge in [-0.3, -0.25) is 4.79 Å². The zero-order valence-electron chi connectivity index (χ0n) is 15.2. The minimum absolute atomic E-state index is 0.218. The zero-order chi connectivity index (χ0) is 20.5. The number of benzene rings is 2. The molecule has 8 heteroatoms. The molecule has 1 aromatic heterocycles. The van der Waals surface area contributed by atoms with E-state index in [1.807, 2.05) is 30.3 Å². The van der Waals surface area contributed by atoms with Gasteiger partial charge in [0.15, 0.2) is 5.43 Å². The Labute approximate surface area is 165 Å². The van der Waals surface area contributed by atoms with E-state index in [4.69, 9.17) is 13.9 Å². The van der Waals surface area contributed by atoms with E-state index in [-0.39, 0.29) is 16.8 Å². The van der Waals surface area contributed by atoms with E-state index in [9.17, 15) is 25.2 Å². The van der Waals surface area contributed by atoms with E-state index >= 15 is 0 Å². The van der Waals surface area contributed by atoms with Gasteiger partial charge < -0.3 is 34.3 Å². The summed E-state index contributed by atoms with van der Waals surface area (Å²) in [5, 5.41) is 39.5. The van der Waals surface area contributed by atoms with Gasteiger partial charge in [-0.1, -0.05) is 30.3 Å². The third kappa shape index (κ3) is 3.76. The quantitative estimate of drug-likeness (QED) is 0.502. The van der Waals surface area contributed by atoms with Crippen LogP contribution in [0.3, 0.4) is 0 Å². The van der Waals surface area contributed by atoms with Crippen molar-refractivity contribution in [3.8, 4) is 17.1 Å². The number of aliphatic hydroxyl groups excluding tert-OH is 4. The lowest BCUT2D eigenvalue weighted by Gasteiger charge is -2.39. The smallest absolute Gasteiger partial charge is 0.229 e. The molecule has 0 saturated carbocycles. The predicted molar refractivity (Wildman–Crippen MR) is 102 cm³/mol. The van der Waals surface area contributed by atoms with Crippen molar-refractivity contribution in [2.75, 3.05) is 6.61 Å². The first-order valence-electron chi connectivity index (χ1n) is 9.08. The molecule has 1 saturated heterocycles. The third-order valence-corrected chi connectivity index (χ3v) is 4.86. The summed E-state index contributed by atoms with van der Waals surface area (Å²) in [6.07, 6.45) is -6.97. The number of hydrogen-bond acceptors (Lipinski definition) is 8. The second-order valence-corrected chi connectivity index (χ2v) is 6.81. The summed E-state index contributed by atoms with van der Waals surface area (Å²) < 4.78 is 16.8. The molecular formula is C21H20O8. The van der Waals surface area contributed by atoms with Crippen molar-refractivity contribution in [2.45, 2.75) is 30.7 Å². The Morgan fingerprint density at radius 3 is 2.41 bits per heavy atom. The van der Waals surface area contributed by atoms with Crippen molar-refractivity contribution in [3.05, 3.63) is 64.8 Å². The molecule has 2 aromatic carbocycles. The van der Waals surface area contributed by atoms with Gasteiger partial charge in [0.05, 0.1) is 12.0 Å². The van der Waals surface area contributed by atoms with Crippen LogP contribution >= 0.6 is 0 Å². The highest BCUT2D eigenvalue weighted by molar-refractivity contribution is 5.80. The Hall–Kier alpha value is -2.75. The lowest BCUT2D eigenvalue weighted by atomic mass is 9.99. The number of ether oxygens (including phenoxy) is 2. The summed E-state index contributed by atoms with van der Waals surface area (Å²) in [7, 11) is 0. The number of fused-ring (bicyclic) bond motifs is 1. The van der Waals surface area contributed by atoms with Crippen LogP contribution in [-0.2, 0) is 4.74 Å². The standard InChI is InChI=1S/C21H20O8/c22-10-17-18(24)19(25)20(26)21(29-17)27-12-6-7-13-14(23)9-15(28-16(13)8-12)11-4-2-1-3-5-11/h1-9,17-22,24-26H,10H2/t17-,18-,19+,20-,21?/m1/s1. The van der Waals surface area contributed by atoms with E-state index in [0.29, 0.717) is 11.1 Å². The van der Waals surface area contributed by atoms with Crippen LogP contribution in [0.5, 0.6) is 5.75 Å². The molecule has 0 spiro atoms. The fourth-order valence-electron chi connectivity index (χ4n) is 3.25. The van der Waals surface area contributed by atoms with Crippen LogP contribution in [0.1, 0.15) is 0 Å². The molecule has 8 nitrogen and oxygen atoms in total. The first kappa shape index (κ1) is 19.6. The highest BCUT2D eigenvalue weighted by atomic mass is 16.7. The van der Waals surface area contributed by atoms with Crippen LogP contribution in [0.15, 0.2) is 63.8 Å². The first-order chi connectivity index (χ1) is 14.0. The average molecular weight is 400 g/mol. The molecule has 0 amide bonds. The maximum Gasteiger partial charge on any atom is 0.229 e. The molecule has 2 heterocycles. The molecule has 1 aliphatic rings. The minimum atomic E-state index is -1.55. The molecule has 0 bridgehead atoms. The van der Waals surface area contributed by atoms with Crippen LogP contribution in [0.2, 0.25) is 0 Å². The molecule has 0 radical (unpaired) electrons. The summed E-state index contributed by atoms with van der Waals surface area (Å²) in [5.74, 6) is 0.614. The third-order valence-electron chi connectivity index (χ3n) is 4.86. The Morgan fingerprint density at radius 2 is 1.69 bits per heavy atom. The molecule has 1 aliphatic heterocycles. The highest BCUT2D eigenvalue weighted by Gasteiger charge is 2.44. The molecule has 1 fully saturated rings. The van der Waals surface area contributed by atoms with Crippen molar-refractivity contribution >= 4 is 11.0 Å². The van der Waals surface area contributed by atoms with Gasteiger partial charge in [0.25, 0.3) is 0 Å². The second-order valence-electron chi connectivity index (χ2n) is 6.81. The topological polar surface area (TPSA) is 130 Å². The molecule has 5 atom stereocenters. The van der Waals surface area contributed by atoms with Crippen molar-refractivity contribution < 1.29 is 34.3 Å². The second kappa shape index (κ2) is 7.94. The van der Waals surface area contributed by atoms with E-state index < -0.39 is 37.3 Å². The van der Waals surface area contributed by atoms with Gasteiger partial charge in [-0.2, -0.15) is 0 Å². The predicted octanol–water partition coefficient (Wildman–Crippen LogP) is 0.639. The van der Waals surface area contributed by atoms with Crippen molar-refractivity contribution in [1.82, 2.24) is 0 Å². The Balaban J connectivity index is 1.66. The van der Waals surface area contributed by atoms with Gasteiger partial charge in [0, 0.05) is 17.7 Å². The SMILES string of the molecule is O=c1cc(-c2ccccc2)oc2cc(OC3O[C@H](CO)[C@@H](O)[C@H](O)[C@H]3O)ccc12. The van der Waals surface area contributed by atoms with Gasteiger partial charge >= 0.3 is 0 Å². The molecule has 29 heavy (non-hydrogen) atoms. The lowest BCUT2D eigenvalue weighted by Crippen LogP contribution is -2.60. The minimum Gasteiger partial charge on any atom is -0.462 e. The molecule has 4 rings (SSSR count). The van der Waals surface area contributed by atoms with Gasteiger partial charge in [0.2, 0.25) is 6.29 Å². The van der Waals surface area contributed by atoms with Crippen LogP contribution in [0, 0.1) is 0 Å². The largest absolute Gasteiger partial charge is 0.462 e. The maximum absolute atomic E-state index is 12.4. The van der Waals surface area contributed by atoms with Crippen LogP contribution < -0.4 is 10.2 Å². The molecular weight excluding hydrogens is 380 g/mol.